The van der Waals surface area contributed by atoms with E-state index < -0.39 is 0 Å². The van der Waals surface area contributed by atoms with Crippen LogP contribution in [0.25, 0.3) is 0 Å². The number of nitrogens with one attached hydrogen (secondary N) is 1. The largest absolute Gasteiger partial charge is 0.353 e. The lowest BCUT2D eigenvalue weighted by atomic mass is 9.89. The first-order chi connectivity index (χ1) is 6.09. The molecule has 0 aromatic rings. The molecule has 0 spiro atoms. The highest BCUT2D eigenvalue weighted by molar-refractivity contribution is 5.73. The maximum Gasteiger partial charge on any atom is 0.217 e. The van der Waals surface area contributed by atoms with Crippen LogP contribution in [0.4, 0.5) is 0 Å². The van der Waals surface area contributed by atoms with Crippen LogP contribution in [-0.4, -0.2) is 11.9 Å². The molecule has 0 aliphatic heterocycles. The lowest BCUT2D eigenvalue weighted by molar-refractivity contribution is -0.119. The van der Waals surface area contributed by atoms with Gasteiger partial charge in [-0.1, -0.05) is 25.5 Å². The van der Waals surface area contributed by atoms with Gasteiger partial charge in [0, 0.05) is 13.0 Å². The van der Waals surface area contributed by atoms with Gasteiger partial charge in [0.15, 0.2) is 0 Å². The molecule has 0 aromatic heterocycles. The molecule has 1 unspecified atom stereocenters. The molecule has 1 atom stereocenters. The van der Waals surface area contributed by atoms with Crippen LogP contribution in [0.15, 0.2) is 11.6 Å². The molecule has 1 aliphatic carbocycles. The molecule has 0 aromatic carbocycles. The Bertz CT molecular complexity index is 218. The third kappa shape index (κ3) is 3.21. The molecule has 2 heteroatoms. The summed E-state index contributed by atoms with van der Waals surface area (Å²) < 4.78 is 0. The van der Waals surface area contributed by atoms with Crippen molar-refractivity contribution >= 4 is 5.91 Å². The Kier molecular flexibility index (Phi) is 3.52. The van der Waals surface area contributed by atoms with E-state index in [1.807, 2.05) is 0 Å². The minimum absolute atomic E-state index is 0.0893. The van der Waals surface area contributed by atoms with Gasteiger partial charge in [0.05, 0.1) is 0 Å². The van der Waals surface area contributed by atoms with Crippen LogP contribution in [0.5, 0.6) is 0 Å². The van der Waals surface area contributed by atoms with E-state index in [4.69, 9.17) is 0 Å². The highest BCUT2D eigenvalue weighted by atomic mass is 16.1. The van der Waals surface area contributed by atoms with E-state index in [0.717, 1.165) is 19.3 Å². The summed E-state index contributed by atoms with van der Waals surface area (Å²) in [6.45, 7) is 6.04. The van der Waals surface area contributed by atoms with Crippen molar-refractivity contribution in [2.45, 2.75) is 46.1 Å². The zero-order chi connectivity index (χ0) is 9.84. The van der Waals surface area contributed by atoms with Gasteiger partial charge < -0.3 is 5.32 Å². The Morgan fingerprint density at radius 1 is 1.62 bits per heavy atom. The first kappa shape index (κ1) is 10.3. The normalized spacial score (nSPS) is 22.8. The molecule has 0 saturated heterocycles. The smallest absolute Gasteiger partial charge is 0.217 e. The number of amides is 1. The van der Waals surface area contributed by atoms with Crippen LogP contribution in [0, 0.1) is 5.92 Å². The van der Waals surface area contributed by atoms with Crippen molar-refractivity contribution in [2.24, 2.45) is 5.92 Å². The lowest BCUT2D eigenvalue weighted by Crippen LogP contribution is -2.34. The van der Waals surface area contributed by atoms with Crippen molar-refractivity contribution < 1.29 is 4.79 Å². The second-order valence-electron chi connectivity index (χ2n) is 4.11. The summed E-state index contributed by atoms with van der Waals surface area (Å²) in [7, 11) is 0. The fourth-order valence-corrected chi connectivity index (χ4v) is 1.80. The summed E-state index contributed by atoms with van der Waals surface area (Å²) in [6, 6.07) is 0.375. The van der Waals surface area contributed by atoms with Gasteiger partial charge in [-0.3, -0.25) is 4.79 Å². The van der Waals surface area contributed by atoms with Crippen LogP contribution in [0.1, 0.15) is 40.0 Å². The van der Waals surface area contributed by atoms with Gasteiger partial charge in [-0.15, -0.1) is 0 Å². The molecule has 1 amide bonds. The minimum Gasteiger partial charge on any atom is -0.353 e. The van der Waals surface area contributed by atoms with Crippen LogP contribution in [-0.2, 0) is 4.79 Å². The summed E-state index contributed by atoms with van der Waals surface area (Å²) in [5.41, 5.74) is 1.54. The first-order valence-corrected chi connectivity index (χ1v) is 5.05. The predicted octanol–water partition coefficient (Wildman–Crippen LogP) is 2.26. The van der Waals surface area contributed by atoms with Gasteiger partial charge in [0.1, 0.15) is 0 Å². The number of allylic oxidation sites excluding steroid dienone is 1. The Morgan fingerprint density at radius 2 is 2.31 bits per heavy atom. The molecule has 13 heavy (non-hydrogen) atoms. The van der Waals surface area contributed by atoms with E-state index in [2.05, 4.69) is 25.2 Å². The van der Waals surface area contributed by atoms with E-state index in [0.29, 0.717) is 12.0 Å². The van der Waals surface area contributed by atoms with Crippen molar-refractivity contribution in [2.75, 3.05) is 0 Å². The van der Waals surface area contributed by atoms with E-state index >= 15 is 0 Å². The molecule has 0 saturated carbocycles. The van der Waals surface area contributed by atoms with E-state index in [9.17, 15) is 4.79 Å². The summed E-state index contributed by atoms with van der Waals surface area (Å²) in [4.78, 5) is 10.8. The molecular formula is C11H19NO. The van der Waals surface area contributed by atoms with Gasteiger partial charge in [0.2, 0.25) is 5.91 Å². The predicted molar refractivity (Wildman–Crippen MR) is 54.4 cm³/mol. The Hall–Kier alpha value is -0.790. The van der Waals surface area contributed by atoms with Gasteiger partial charge in [0.25, 0.3) is 0 Å². The fraction of sp³-hybridized carbons (Fsp3) is 0.727. The standard InChI is InChI=1S/C11H19NO/c1-8(2)10-4-6-11(7-5-10)12-9(3)13/h4,8,11H,5-7H2,1-3H3,(H,12,13). The van der Waals surface area contributed by atoms with Gasteiger partial charge in [-0.2, -0.15) is 0 Å². The summed E-state index contributed by atoms with van der Waals surface area (Å²) in [5.74, 6) is 0.754. The molecule has 0 heterocycles. The van der Waals surface area contributed by atoms with E-state index in [1.54, 1.807) is 12.5 Å². The maximum absolute atomic E-state index is 10.8. The van der Waals surface area contributed by atoms with E-state index in [1.165, 1.54) is 0 Å². The lowest BCUT2D eigenvalue weighted by Gasteiger charge is -2.24. The van der Waals surface area contributed by atoms with Crippen molar-refractivity contribution in [1.82, 2.24) is 5.32 Å². The Morgan fingerprint density at radius 3 is 2.69 bits per heavy atom. The topological polar surface area (TPSA) is 29.1 Å². The molecule has 0 fully saturated rings. The van der Waals surface area contributed by atoms with Crippen molar-refractivity contribution in [3.05, 3.63) is 11.6 Å². The summed E-state index contributed by atoms with van der Waals surface area (Å²) >= 11 is 0. The second-order valence-corrected chi connectivity index (χ2v) is 4.11. The third-order valence-electron chi connectivity index (χ3n) is 2.60. The molecular weight excluding hydrogens is 162 g/mol. The fourth-order valence-electron chi connectivity index (χ4n) is 1.80. The first-order valence-electron chi connectivity index (χ1n) is 5.05. The maximum atomic E-state index is 10.8. The van der Waals surface area contributed by atoms with Crippen LogP contribution in [0.2, 0.25) is 0 Å². The quantitative estimate of drug-likeness (QED) is 0.650. The highest BCUT2D eigenvalue weighted by Gasteiger charge is 2.16. The van der Waals surface area contributed by atoms with Gasteiger partial charge >= 0.3 is 0 Å². The van der Waals surface area contributed by atoms with Crippen LogP contribution >= 0.6 is 0 Å². The SMILES string of the molecule is CC(=O)NC1CC=C(C(C)C)CC1. The molecule has 1 N–H and O–H groups in total. The zero-order valence-electron chi connectivity index (χ0n) is 8.76. The molecule has 2 nitrogen and oxygen atoms in total. The van der Waals surface area contributed by atoms with Crippen LogP contribution < -0.4 is 5.32 Å². The zero-order valence-corrected chi connectivity index (χ0v) is 8.76. The number of rotatable bonds is 2. The Labute approximate surface area is 80.4 Å². The van der Waals surface area contributed by atoms with Crippen molar-refractivity contribution in [1.29, 1.82) is 0 Å². The monoisotopic (exact) mass is 181 g/mol. The number of hydrogen-bond acceptors (Lipinski definition) is 1. The molecule has 0 radical (unpaired) electrons. The molecule has 74 valence electrons. The van der Waals surface area contributed by atoms with Crippen molar-refractivity contribution in [3.63, 3.8) is 0 Å². The van der Waals surface area contributed by atoms with Crippen LogP contribution in [0.3, 0.4) is 0 Å². The molecule has 0 bridgehead atoms. The molecule has 1 aliphatic rings. The van der Waals surface area contributed by atoms with E-state index in [-0.39, 0.29) is 5.91 Å². The van der Waals surface area contributed by atoms with Gasteiger partial charge in [-0.25, -0.2) is 0 Å². The number of carbonyl (C=O) groups is 1. The van der Waals surface area contributed by atoms with Gasteiger partial charge in [-0.05, 0) is 25.2 Å². The summed E-state index contributed by atoms with van der Waals surface area (Å²) in [5, 5.41) is 2.96. The number of carbonyl (C=O) groups excluding carboxylic acids is 1. The third-order valence-corrected chi connectivity index (χ3v) is 2.60. The average Bonchev–Trinajstić information content (AvgIpc) is 2.04. The second kappa shape index (κ2) is 4.45. The average molecular weight is 181 g/mol. The minimum atomic E-state index is 0.0893. The van der Waals surface area contributed by atoms with Crippen molar-refractivity contribution in [3.8, 4) is 0 Å². The summed E-state index contributed by atoms with van der Waals surface area (Å²) in [6.07, 6.45) is 5.54. The Balaban J connectivity index is 2.42. The highest BCUT2D eigenvalue weighted by Crippen LogP contribution is 2.23. The molecule has 1 rings (SSSR count). The number of hydrogen-bond donors (Lipinski definition) is 1.